The number of carbonyl (C=O) groups is 4. The van der Waals surface area contributed by atoms with E-state index in [0.717, 1.165) is 22.3 Å². The lowest BCUT2D eigenvalue weighted by Crippen LogP contribution is -2.50. The molecule has 4 aliphatic heterocycles. The van der Waals surface area contributed by atoms with Crippen molar-refractivity contribution in [3.8, 4) is 0 Å². The molecule has 0 spiro atoms. The van der Waals surface area contributed by atoms with Gasteiger partial charge in [-0.2, -0.15) is 0 Å². The van der Waals surface area contributed by atoms with Crippen LogP contribution >= 0.6 is 0 Å². The largest absolute Gasteiger partial charge is 0.274 e. The molecule has 4 aromatic rings. The lowest BCUT2D eigenvalue weighted by Gasteiger charge is -2.35. The monoisotopic (exact) mass is 582 g/mol. The molecule has 4 aliphatic rings. The van der Waals surface area contributed by atoms with Crippen molar-refractivity contribution in [1.29, 1.82) is 0 Å². The Morgan fingerprint density at radius 1 is 0.409 bits per heavy atom. The van der Waals surface area contributed by atoms with Crippen LogP contribution in [0, 0.1) is 25.7 Å². The summed E-state index contributed by atoms with van der Waals surface area (Å²) in [5.41, 5.74) is 4.79. The number of imide groups is 2. The number of anilines is 2. The minimum Gasteiger partial charge on any atom is -0.274 e. The van der Waals surface area contributed by atoms with E-state index in [1.807, 2.05) is 84.5 Å². The van der Waals surface area contributed by atoms with Crippen molar-refractivity contribution >= 4 is 35.0 Å². The fraction of sp³-hybridized carbons (Fsp3) is 0.222. The van der Waals surface area contributed by atoms with Gasteiger partial charge in [0.1, 0.15) is 12.1 Å². The number of nitrogens with zero attached hydrogens (tertiary/aromatic N) is 4. The molecule has 0 aromatic heterocycles. The Labute approximate surface area is 255 Å². The SMILES string of the molecule is Cc1ccc([C@@H]2[C@@H]3C(=O)N(c4ccccc4)C(=O)[C@@H]3N3[C@H](c4ccc(C)cc4)[C@H]4C(=O)N(c5ccccc5)C(=O)[C@H]4N23)cc1. The van der Waals surface area contributed by atoms with Crippen LogP contribution in [-0.4, -0.2) is 45.7 Å². The first-order valence-corrected chi connectivity index (χ1v) is 14.9. The predicted octanol–water partition coefficient (Wildman–Crippen LogP) is 4.75. The van der Waals surface area contributed by atoms with Gasteiger partial charge in [-0.25, -0.2) is 19.8 Å². The molecule has 6 atom stereocenters. The van der Waals surface area contributed by atoms with Gasteiger partial charge in [-0.05, 0) is 49.2 Å². The molecule has 8 rings (SSSR count). The number of amides is 4. The molecule has 0 radical (unpaired) electrons. The number of aryl methyl sites for hydroxylation is 2. The highest BCUT2D eigenvalue weighted by Crippen LogP contribution is 2.59. The third-order valence-corrected chi connectivity index (χ3v) is 9.59. The summed E-state index contributed by atoms with van der Waals surface area (Å²) in [6.45, 7) is 3.98. The van der Waals surface area contributed by atoms with E-state index in [1.165, 1.54) is 9.80 Å². The van der Waals surface area contributed by atoms with Crippen molar-refractivity contribution in [2.45, 2.75) is 38.0 Å². The van der Waals surface area contributed by atoms with Crippen LogP contribution in [0.3, 0.4) is 0 Å². The van der Waals surface area contributed by atoms with Gasteiger partial charge < -0.3 is 0 Å². The van der Waals surface area contributed by atoms with Crippen molar-refractivity contribution in [1.82, 2.24) is 10.0 Å². The van der Waals surface area contributed by atoms with E-state index < -0.39 is 36.0 Å². The lowest BCUT2D eigenvalue weighted by atomic mass is 9.84. The van der Waals surface area contributed by atoms with E-state index in [9.17, 15) is 19.2 Å². The smallest absolute Gasteiger partial charge is 0.253 e. The zero-order valence-electron chi connectivity index (χ0n) is 24.3. The minimum absolute atomic E-state index is 0.304. The van der Waals surface area contributed by atoms with Crippen molar-refractivity contribution < 1.29 is 19.2 Å². The van der Waals surface area contributed by atoms with Crippen molar-refractivity contribution in [2.24, 2.45) is 11.8 Å². The van der Waals surface area contributed by atoms with E-state index in [1.54, 1.807) is 48.5 Å². The van der Waals surface area contributed by atoms with Crippen LogP contribution in [0.15, 0.2) is 109 Å². The van der Waals surface area contributed by atoms with Gasteiger partial charge >= 0.3 is 0 Å². The highest BCUT2D eigenvalue weighted by atomic mass is 16.2. The first-order valence-electron chi connectivity index (χ1n) is 14.9. The van der Waals surface area contributed by atoms with Crippen LogP contribution in [0.25, 0.3) is 0 Å². The quantitative estimate of drug-likeness (QED) is 0.323. The van der Waals surface area contributed by atoms with Gasteiger partial charge in [0.05, 0.1) is 35.3 Å². The van der Waals surface area contributed by atoms with Crippen molar-refractivity contribution in [3.63, 3.8) is 0 Å². The molecule has 218 valence electrons. The second-order valence-corrected chi connectivity index (χ2v) is 12.1. The molecular weight excluding hydrogens is 552 g/mol. The van der Waals surface area contributed by atoms with Crippen LogP contribution in [0.5, 0.6) is 0 Å². The van der Waals surface area contributed by atoms with Gasteiger partial charge in [-0.3, -0.25) is 19.2 Å². The zero-order valence-corrected chi connectivity index (χ0v) is 24.3. The molecule has 4 heterocycles. The molecular formula is C36H30N4O4. The van der Waals surface area contributed by atoms with Gasteiger partial charge in [-0.15, -0.1) is 0 Å². The molecule has 4 aromatic carbocycles. The fourth-order valence-electron chi connectivity index (χ4n) is 7.69. The average Bonchev–Trinajstić information content (AvgIpc) is 3.70. The Balaban J connectivity index is 1.34. The topological polar surface area (TPSA) is 81.2 Å². The van der Waals surface area contributed by atoms with Crippen LogP contribution in [-0.2, 0) is 19.2 Å². The molecule has 0 saturated carbocycles. The Hall–Kier alpha value is -4.92. The van der Waals surface area contributed by atoms with E-state index in [4.69, 9.17) is 0 Å². The van der Waals surface area contributed by atoms with Gasteiger partial charge in [-0.1, -0.05) is 96.1 Å². The molecule has 4 saturated heterocycles. The summed E-state index contributed by atoms with van der Waals surface area (Å²) in [5, 5.41) is 3.83. The van der Waals surface area contributed by atoms with Crippen molar-refractivity contribution in [3.05, 3.63) is 131 Å². The van der Waals surface area contributed by atoms with E-state index >= 15 is 0 Å². The highest BCUT2D eigenvalue weighted by Gasteiger charge is 2.73. The summed E-state index contributed by atoms with van der Waals surface area (Å²) in [7, 11) is 0. The molecule has 4 fully saturated rings. The molecule has 0 unspecified atom stereocenters. The Kier molecular flexibility index (Phi) is 5.95. The normalized spacial score (nSPS) is 28.1. The van der Waals surface area contributed by atoms with Gasteiger partial charge in [0.25, 0.3) is 11.8 Å². The molecule has 0 bridgehead atoms. The van der Waals surface area contributed by atoms with Crippen LogP contribution in [0.4, 0.5) is 11.4 Å². The number of para-hydroxylation sites is 2. The highest BCUT2D eigenvalue weighted by molar-refractivity contribution is 6.26. The van der Waals surface area contributed by atoms with Gasteiger partial charge in [0, 0.05) is 0 Å². The van der Waals surface area contributed by atoms with Gasteiger partial charge in [0.15, 0.2) is 0 Å². The third kappa shape index (κ3) is 3.64. The standard InChI is InChI=1S/C36H30N4O4/c1-21-13-17-23(18-14-21)29-27-31(35(43)37(33(27)41)25-9-5-3-6-10-25)40-30(24-19-15-22(2)16-20-24)28-32(39(29)40)36(44)38(34(28)42)26-11-7-4-8-12-26/h3-20,27-32H,1-2H3/t27-,28+,29-,30-,31+,32-/m1/s1. The average molecular weight is 583 g/mol. The number of hydrogen-bond acceptors (Lipinski definition) is 6. The molecule has 8 nitrogen and oxygen atoms in total. The van der Waals surface area contributed by atoms with Crippen molar-refractivity contribution in [2.75, 3.05) is 9.80 Å². The zero-order chi connectivity index (χ0) is 30.3. The number of hydrogen-bond donors (Lipinski definition) is 0. The first kappa shape index (κ1) is 26.7. The van der Waals surface area contributed by atoms with Crippen LogP contribution in [0.2, 0.25) is 0 Å². The van der Waals surface area contributed by atoms with E-state index in [2.05, 4.69) is 0 Å². The summed E-state index contributed by atoms with van der Waals surface area (Å²) in [4.78, 5) is 60.2. The number of hydrazine groups is 1. The van der Waals surface area contributed by atoms with Crippen LogP contribution < -0.4 is 9.80 Å². The molecule has 0 aliphatic carbocycles. The third-order valence-electron chi connectivity index (χ3n) is 9.59. The number of benzene rings is 4. The van der Waals surface area contributed by atoms with Gasteiger partial charge in [0.2, 0.25) is 11.8 Å². The maximum atomic E-state index is 14.4. The maximum Gasteiger partial charge on any atom is 0.253 e. The Morgan fingerprint density at radius 2 is 0.750 bits per heavy atom. The van der Waals surface area contributed by atoms with E-state index in [0.29, 0.717) is 11.4 Å². The number of fused-ring (bicyclic) bond motifs is 5. The summed E-state index contributed by atoms with van der Waals surface area (Å²) in [5.74, 6) is -2.84. The maximum absolute atomic E-state index is 14.4. The summed E-state index contributed by atoms with van der Waals surface area (Å²) >= 11 is 0. The van der Waals surface area contributed by atoms with E-state index in [-0.39, 0.29) is 23.6 Å². The predicted molar refractivity (Wildman–Crippen MR) is 164 cm³/mol. The number of rotatable bonds is 4. The Bertz CT molecular complexity index is 1670. The molecule has 4 amide bonds. The molecule has 44 heavy (non-hydrogen) atoms. The second-order valence-electron chi connectivity index (χ2n) is 12.1. The van der Waals surface area contributed by atoms with Crippen LogP contribution in [0.1, 0.15) is 34.3 Å². The first-order chi connectivity index (χ1) is 21.4. The summed E-state index contributed by atoms with van der Waals surface area (Å²) in [6.07, 6.45) is 0. The summed E-state index contributed by atoms with van der Waals surface area (Å²) in [6, 6.07) is 30.7. The molecule has 8 heteroatoms. The number of carbonyl (C=O) groups excluding carboxylic acids is 4. The second kappa shape index (κ2) is 9.80. The lowest BCUT2D eigenvalue weighted by molar-refractivity contribution is -0.136. The summed E-state index contributed by atoms with van der Waals surface area (Å²) < 4.78 is 0. The Morgan fingerprint density at radius 3 is 1.09 bits per heavy atom. The molecule has 0 N–H and O–H groups in total. The fourth-order valence-corrected chi connectivity index (χ4v) is 7.69. The minimum atomic E-state index is -0.878.